The molecule has 1 nitrogen and oxygen atoms in total. The van der Waals surface area contributed by atoms with Gasteiger partial charge in [0.2, 0.25) is 0 Å². The molecule has 0 bridgehead atoms. The lowest BCUT2D eigenvalue weighted by molar-refractivity contribution is 0.545. The van der Waals surface area contributed by atoms with Gasteiger partial charge in [-0.25, -0.2) is 17.6 Å². The molecular formula is C14H10ClF4N. The third-order valence-electron chi connectivity index (χ3n) is 2.80. The van der Waals surface area contributed by atoms with Gasteiger partial charge < -0.3 is 5.32 Å². The molecule has 0 saturated carbocycles. The van der Waals surface area contributed by atoms with Gasteiger partial charge >= 0.3 is 0 Å². The van der Waals surface area contributed by atoms with Crippen LogP contribution < -0.4 is 5.32 Å². The molecule has 0 fully saturated rings. The second-order valence-electron chi connectivity index (χ2n) is 4.28. The van der Waals surface area contributed by atoms with E-state index in [9.17, 15) is 17.6 Å². The minimum Gasteiger partial charge on any atom is -0.374 e. The molecule has 0 spiro atoms. The van der Waals surface area contributed by atoms with Crippen LogP contribution in [0.15, 0.2) is 30.3 Å². The van der Waals surface area contributed by atoms with Crippen molar-refractivity contribution in [3.63, 3.8) is 0 Å². The van der Waals surface area contributed by atoms with Crippen LogP contribution in [0, 0.1) is 23.3 Å². The van der Waals surface area contributed by atoms with E-state index < -0.39 is 35.0 Å². The number of hydrogen-bond acceptors (Lipinski definition) is 1. The summed E-state index contributed by atoms with van der Waals surface area (Å²) in [4.78, 5) is 0. The molecule has 0 amide bonds. The summed E-state index contributed by atoms with van der Waals surface area (Å²) in [7, 11) is 0. The van der Waals surface area contributed by atoms with Crippen LogP contribution in [0.2, 0.25) is 5.02 Å². The van der Waals surface area contributed by atoms with Gasteiger partial charge in [0.25, 0.3) is 0 Å². The Labute approximate surface area is 118 Å². The highest BCUT2D eigenvalue weighted by atomic mass is 35.5. The fourth-order valence-electron chi connectivity index (χ4n) is 1.83. The fraction of sp³-hybridized carbons (Fsp3) is 0.143. The molecule has 0 aliphatic heterocycles. The molecule has 20 heavy (non-hydrogen) atoms. The molecule has 1 atom stereocenters. The predicted octanol–water partition coefficient (Wildman–Crippen LogP) is 5.07. The zero-order valence-electron chi connectivity index (χ0n) is 10.4. The smallest absolute Gasteiger partial charge is 0.152 e. The van der Waals surface area contributed by atoms with Crippen molar-refractivity contribution in [2.75, 3.05) is 5.32 Å². The van der Waals surface area contributed by atoms with E-state index in [-0.39, 0.29) is 5.02 Å². The summed E-state index contributed by atoms with van der Waals surface area (Å²) >= 11 is 5.87. The molecule has 6 heteroatoms. The highest BCUT2D eigenvalue weighted by molar-refractivity contribution is 6.31. The van der Waals surface area contributed by atoms with E-state index >= 15 is 0 Å². The van der Waals surface area contributed by atoms with Gasteiger partial charge in [-0.15, -0.1) is 0 Å². The van der Waals surface area contributed by atoms with Gasteiger partial charge in [0.15, 0.2) is 11.6 Å². The molecule has 1 N–H and O–H groups in total. The molecule has 2 rings (SSSR count). The number of nitrogens with one attached hydrogen (secondary N) is 1. The highest BCUT2D eigenvalue weighted by Crippen LogP contribution is 2.29. The fourth-order valence-corrected chi connectivity index (χ4v) is 2.16. The molecule has 2 aromatic carbocycles. The molecule has 0 saturated heterocycles. The first-order chi connectivity index (χ1) is 9.38. The van der Waals surface area contributed by atoms with Crippen LogP contribution in [0.25, 0.3) is 0 Å². The summed E-state index contributed by atoms with van der Waals surface area (Å²) in [6, 6.07) is 4.27. The van der Waals surface area contributed by atoms with Crippen molar-refractivity contribution in [2.24, 2.45) is 0 Å². The maximum atomic E-state index is 13.5. The van der Waals surface area contributed by atoms with E-state index in [0.29, 0.717) is 17.7 Å². The molecule has 2 aromatic rings. The first-order valence-electron chi connectivity index (χ1n) is 5.74. The number of rotatable bonds is 3. The summed E-state index contributed by atoms with van der Waals surface area (Å²) in [5.74, 6) is -3.61. The molecule has 0 aliphatic rings. The Bertz CT molecular complexity index is 622. The summed E-state index contributed by atoms with van der Waals surface area (Å²) in [6.45, 7) is 1.60. The first-order valence-corrected chi connectivity index (χ1v) is 6.12. The van der Waals surface area contributed by atoms with E-state index in [2.05, 4.69) is 5.32 Å². The van der Waals surface area contributed by atoms with Crippen LogP contribution in [0.1, 0.15) is 18.5 Å². The van der Waals surface area contributed by atoms with Crippen molar-refractivity contribution >= 4 is 17.3 Å². The van der Waals surface area contributed by atoms with Crippen LogP contribution >= 0.6 is 11.6 Å². The number of anilines is 1. The Morgan fingerprint density at radius 3 is 2.10 bits per heavy atom. The maximum absolute atomic E-state index is 13.5. The maximum Gasteiger partial charge on any atom is 0.152 e. The van der Waals surface area contributed by atoms with E-state index in [0.717, 1.165) is 6.07 Å². The van der Waals surface area contributed by atoms with Gasteiger partial charge in [-0.3, -0.25) is 0 Å². The lowest BCUT2D eigenvalue weighted by Crippen LogP contribution is -2.10. The summed E-state index contributed by atoms with van der Waals surface area (Å²) < 4.78 is 52.8. The van der Waals surface area contributed by atoms with Gasteiger partial charge in [0.1, 0.15) is 17.3 Å². The Hall–Kier alpha value is -1.75. The van der Waals surface area contributed by atoms with Crippen molar-refractivity contribution < 1.29 is 17.6 Å². The van der Waals surface area contributed by atoms with Crippen LogP contribution in [0.5, 0.6) is 0 Å². The second-order valence-corrected chi connectivity index (χ2v) is 4.68. The van der Waals surface area contributed by atoms with Crippen molar-refractivity contribution in [2.45, 2.75) is 13.0 Å². The lowest BCUT2D eigenvalue weighted by Gasteiger charge is -2.18. The monoisotopic (exact) mass is 303 g/mol. The Morgan fingerprint density at radius 2 is 1.55 bits per heavy atom. The van der Waals surface area contributed by atoms with Crippen LogP contribution in [-0.4, -0.2) is 0 Å². The summed E-state index contributed by atoms with van der Waals surface area (Å²) in [5, 5.41) is 2.69. The van der Waals surface area contributed by atoms with Crippen molar-refractivity contribution in [3.8, 4) is 0 Å². The predicted molar refractivity (Wildman–Crippen MR) is 69.8 cm³/mol. The standard InChI is InChI=1S/C14H10ClF4N/c1-7(10-3-2-8(16)4-11(10)15)20-14-12(18)5-9(17)6-13(14)19/h2-7,20H,1H3. The average molecular weight is 304 g/mol. The third-order valence-corrected chi connectivity index (χ3v) is 3.12. The van der Waals surface area contributed by atoms with Gasteiger partial charge in [-0.2, -0.15) is 0 Å². The minimum atomic E-state index is -1.05. The van der Waals surface area contributed by atoms with E-state index in [1.54, 1.807) is 6.92 Å². The Morgan fingerprint density at radius 1 is 0.950 bits per heavy atom. The molecule has 106 valence electrons. The molecule has 1 unspecified atom stereocenters. The van der Waals surface area contributed by atoms with Crippen molar-refractivity contribution in [1.82, 2.24) is 0 Å². The average Bonchev–Trinajstić information content (AvgIpc) is 2.33. The number of benzene rings is 2. The Balaban J connectivity index is 2.30. The molecule has 0 heterocycles. The number of hydrogen-bond donors (Lipinski definition) is 1. The normalized spacial score (nSPS) is 12.3. The van der Waals surface area contributed by atoms with Gasteiger partial charge in [0, 0.05) is 17.2 Å². The quantitative estimate of drug-likeness (QED) is 0.781. The van der Waals surface area contributed by atoms with Crippen LogP contribution in [-0.2, 0) is 0 Å². The zero-order valence-corrected chi connectivity index (χ0v) is 11.1. The van der Waals surface area contributed by atoms with Gasteiger partial charge in [0.05, 0.1) is 6.04 Å². The SMILES string of the molecule is CC(Nc1c(F)cc(F)cc1F)c1ccc(F)cc1Cl. The second kappa shape index (κ2) is 5.71. The van der Waals surface area contributed by atoms with Gasteiger partial charge in [-0.05, 0) is 24.6 Å². The minimum absolute atomic E-state index is 0.132. The zero-order chi connectivity index (χ0) is 14.9. The van der Waals surface area contributed by atoms with Crippen LogP contribution in [0.4, 0.5) is 23.2 Å². The topological polar surface area (TPSA) is 12.0 Å². The Kier molecular flexibility index (Phi) is 4.18. The van der Waals surface area contributed by atoms with E-state index in [1.807, 2.05) is 0 Å². The van der Waals surface area contributed by atoms with E-state index in [1.165, 1.54) is 12.1 Å². The molecule has 0 aromatic heterocycles. The summed E-state index contributed by atoms with van der Waals surface area (Å²) in [5.41, 5.74) is 0.00971. The van der Waals surface area contributed by atoms with Gasteiger partial charge in [-0.1, -0.05) is 17.7 Å². The highest BCUT2D eigenvalue weighted by Gasteiger charge is 2.16. The van der Waals surface area contributed by atoms with E-state index in [4.69, 9.17) is 11.6 Å². The molecule has 0 radical (unpaired) electrons. The largest absolute Gasteiger partial charge is 0.374 e. The van der Waals surface area contributed by atoms with Crippen LogP contribution in [0.3, 0.4) is 0 Å². The first kappa shape index (κ1) is 14.7. The lowest BCUT2D eigenvalue weighted by atomic mass is 10.1. The molecular weight excluding hydrogens is 294 g/mol. The number of halogens is 5. The van der Waals surface area contributed by atoms with Crippen molar-refractivity contribution in [3.05, 3.63) is 64.2 Å². The summed E-state index contributed by atoms with van der Waals surface area (Å²) in [6.07, 6.45) is 0. The third kappa shape index (κ3) is 3.04. The van der Waals surface area contributed by atoms with Crippen molar-refractivity contribution in [1.29, 1.82) is 0 Å². The molecule has 0 aliphatic carbocycles.